The van der Waals surface area contributed by atoms with Gasteiger partial charge in [0.25, 0.3) is 0 Å². The largest absolute Gasteiger partial charge is 0.397 e. The van der Waals surface area contributed by atoms with E-state index in [0.717, 1.165) is 18.2 Å². The third kappa shape index (κ3) is 4.43. The second-order valence-corrected chi connectivity index (χ2v) is 4.66. The highest BCUT2D eigenvalue weighted by atomic mass is 14.9. The van der Waals surface area contributed by atoms with E-state index in [1.54, 1.807) is 0 Å². The first-order chi connectivity index (χ1) is 7.59. The van der Waals surface area contributed by atoms with E-state index in [1.165, 1.54) is 19.3 Å². The molecule has 1 aromatic carbocycles. The topological polar surface area (TPSA) is 64.1 Å². The van der Waals surface area contributed by atoms with Gasteiger partial charge in [0, 0.05) is 12.2 Å². The van der Waals surface area contributed by atoms with Gasteiger partial charge in [-0.1, -0.05) is 26.7 Å². The van der Waals surface area contributed by atoms with Crippen molar-refractivity contribution in [1.29, 1.82) is 0 Å². The van der Waals surface area contributed by atoms with Crippen LogP contribution in [-0.2, 0) is 0 Å². The summed E-state index contributed by atoms with van der Waals surface area (Å²) in [7, 11) is 0. The summed E-state index contributed by atoms with van der Waals surface area (Å²) in [6.07, 6.45) is 3.77. The van der Waals surface area contributed by atoms with E-state index in [-0.39, 0.29) is 0 Å². The number of nitrogens with two attached hydrogens (primary N) is 2. The van der Waals surface area contributed by atoms with Gasteiger partial charge in [-0.05, 0) is 30.5 Å². The number of hydrogen-bond acceptors (Lipinski definition) is 3. The van der Waals surface area contributed by atoms with E-state index >= 15 is 0 Å². The summed E-state index contributed by atoms with van der Waals surface area (Å²) in [5.41, 5.74) is 13.7. The molecule has 3 nitrogen and oxygen atoms in total. The zero-order chi connectivity index (χ0) is 12.0. The molecule has 1 aromatic rings. The number of nitrogen functional groups attached to an aromatic ring is 2. The highest BCUT2D eigenvalue weighted by Crippen LogP contribution is 2.19. The number of unbranched alkanes of at least 4 members (excludes halogenated alkanes) is 1. The lowest BCUT2D eigenvalue weighted by Crippen LogP contribution is -2.03. The molecule has 90 valence electrons. The van der Waals surface area contributed by atoms with E-state index in [9.17, 15) is 0 Å². The van der Waals surface area contributed by atoms with Gasteiger partial charge in [0.15, 0.2) is 0 Å². The normalized spacial score (nSPS) is 10.7. The lowest BCUT2D eigenvalue weighted by atomic mass is 10.1. The van der Waals surface area contributed by atoms with Crippen molar-refractivity contribution in [3.8, 4) is 0 Å². The van der Waals surface area contributed by atoms with Crippen LogP contribution in [0.2, 0.25) is 0 Å². The van der Waals surface area contributed by atoms with Crippen LogP contribution in [0.25, 0.3) is 0 Å². The predicted molar refractivity (Wildman–Crippen MR) is 72.4 cm³/mol. The summed E-state index contributed by atoms with van der Waals surface area (Å²) in [5.74, 6) is 0.798. The SMILES string of the molecule is CC(C)CCCCNc1ccc(N)c(N)c1. The Kier molecular flexibility index (Phi) is 4.96. The molecule has 1 rings (SSSR count). The van der Waals surface area contributed by atoms with Crippen molar-refractivity contribution < 1.29 is 0 Å². The number of rotatable bonds is 6. The standard InChI is InChI=1S/C13H23N3/c1-10(2)5-3-4-8-16-11-6-7-12(14)13(15)9-11/h6-7,9-10,16H,3-5,8,14-15H2,1-2H3. The van der Waals surface area contributed by atoms with Crippen LogP contribution < -0.4 is 16.8 Å². The van der Waals surface area contributed by atoms with Gasteiger partial charge < -0.3 is 16.8 Å². The van der Waals surface area contributed by atoms with Gasteiger partial charge >= 0.3 is 0 Å². The zero-order valence-electron chi connectivity index (χ0n) is 10.3. The molecule has 0 aliphatic carbocycles. The summed E-state index contributed by atoms with van der Waals surface area (Å²) in [4.78, 5) is 0. The Bertz CT molecular complexity index is 321. The Morgan fingerprint density at radius 1 is 1.12 bits per heavy atom. The average molecular weight is 221 g/mol. The maximum Gasteiger partial charge on any atom is 0.0568 e. The molecule has 3 heteroatoms. The van der Waals surface area contributed by atoms with Gasteiger partial charge in [-0.2, -0.15) is 0 Å². The molecule has 0 unspecified atom stereocenters. The Hall–Kier alpha value is -1.38. The molecular formula is C13H23N3. The second-order valence-electron chi connectivity index (χ2n) is 4.66. The molecule has 0 heterocycles. The first-order valence-electron chi connectivity index (χ1n) is 5.98. The van der Waals surface area contributed by atoms with Crippen molar-refractivity contribution >= 4 is 17.1 Å². The van der Waals surface area contributed by atoms with Gasteiger partial charge in [0.1, 0.15) is 0 Å². The summed E-state index contributed by atoms with van der Waals surface area (Å²) in [6, 6.07) is 5.69. The minimum absolute atomic E-state index is 0.644. The fourth-order valence-electron chi connectivity index (χ4n) is 1.60. The van der Waals surface area contributed by atoms with Crippen molar-refractivity contribution in [3.05, 3.63) is 18.2 Å². The highest BCUT2D eigenvalue weighted by Gasteiger charge is 1.97. The molecule has 0 aliphatic heterocycles. The summed E-state index contributed by atoms with van der Waals surface area (Å²) in [5, 5.41) is 3.35. The maximum absolute atomic E-state index is 5.73. The van der Waals surface area contributed by atoms with Crippen LogP contribution in [-0.4, -0.2) is 6.54 Å². The highest BCUT2D eigenvalue weighted by molar-refractivity contribution is 5.69. The number of hydrogen-bond donors (Lipinski definition) is 3. The molecule has 0 fully saturated rings. The second kappa shape index (κ2) is 6.26. The average Bonchev–Trinajstić information content (AvgIpc) is 2.22. The lowest BCUT2D eigenvalue weighted by molar-refractivity contribution is 0.545. The van der Waals surface area contributed by atoms with Gasteiger partial charge in [0.2, 0.25) is 0 Å². The van der Waals surface area contributed by atoms with Crippen LogP contribution in [0, 0.1) is 5.92 Å². The number of anilines is 3. The quantitative estimate of drug-likeness (QED) is 0.511. The molecule has 0 saturated carbocycles. The van der Waals surface area contributed by atoms with Crippen molar-refractivity contribution in [2.75, 3.05) is 23.3 Å². The van der Waals surface area contributed by atoms with Gasteiger partial charge in [0.05, 0.1) is 11.4 Å². The maximum atomic E-state index is 5.73. The van der Waals surface area contributed by atoms with Crippen LogP contribution in [0.1, 0.15) is 33.1 Å². The third-order valence-electron chi connectivity index (χ3n) is 2.62. The van der Waals surface area contributed by atoms with Crippen molar-refractivity contribution in [1.82, 2.24) is 0 Å². The van der Waals surface area contributed by atoms with Crippen LogP contribution in [0.15, 0.2) is 18.2 Å². The molecule has 0 bridgehead atoms. The fraction of sp³-hybridized carbons (Fsp3) is 0.538. The summed E-state index contributed by atoms with van der Waals surface area (Å²) >= 11 is 0. The van der Waals surface area contributed by atoms with Crippen LogP contribution in [0.3, 0.4) is 0 Å². The molecule has 16 heavy (non-hydrogen) atoms. The fourth-order valence-corrected chi connectivity index (χ4v) is 1.60. The minimum atomic E-state index is 0.644. The minimum Gasteiger partial charge on any atom is -0.397 e. The Morgan fingerprint density at radius 3 is 2.50 bits per heavy atom. The first kappa shape index (κ1) is 12.7. The van der Waals surface area contributed by atoms with E-state index in [2.05, 4.69) is 19.2 Å². The van der Waals surface area contributed by atoms with Crippen LogP contribution in [0.5, 0.6) is 0 Å². The Morgan fingerprint density at radius 2 is 1.88 bits per heavy atom. The van der Waals surface area contributed by atoms with Crippen LogP contribution in [0.4, 0.5) is 17.1 Å². The monoisotopic (exact) mass is 221 g/mol. The molecule has 0 aliphatic rings. The van der Waals surface area contributed by atoms with E-state index < -0.39 is 0 Å². The molecule has 0 aromatic heterocycles. The van der Waals surface area contributed by atoms with E-state index in [1.807, 2.05) is 18.2 Å². The summed E-state index contributed by atoms with van der Waals surface area (Å²) in [6.45, 7) is 5.51. The predicted octanol–water partition coefficient (Wildman–Crippen LogP) is 3.09. The lowest BCUT2D eigenvalue weighted by Gasteiger charge is -2.09. The van der Waals surface area contributed by atoms with E-state index in [0.29, 0.717) is 11.4 Å². The molecule has 5 N–H and O–H groups in total. The number of nitrogens with one attached hydrogen (secondary N) is 1. The number of benzene rings is 1. The molecule has 0 saturated heterocycles. The van der Waals surface area contributed by atoms with Crippen molar-refractivity contribution in [3.63, 3.8) is 0 Å². The summed E-state index contributed by atoms with van der Waals surface area (Å²) < 4.78 is 0. The third-order valence-corrected chi connectivity index (χ3v) is 2.62. The van der Waals surface area contributed by atoms with Gasteiger partial charge in [-0.25, -0.2) is 0 Å². The smallest absolute Gasteiger partial charge is 0.0568 e. The van der Waals surface area contributed by atoms with Crippen molar-refractivity contribution in [2.45, 2.75) is 33.1 Å². The van der Waals surface area contributed by atoms with Gasteiger partial charge in [-0.3, -0.25) is 0 Å². The molecule has 0 radical (unpaired) electrons. The van der Waals surface area contributed by atoms with Crippen molar-refractivity contribution in [2.24, 2.45) is 5.92 Å². The Balaban J connectivity index is 2.24. The van der Waals surface area contributed by atoms with E-state index in [4.69, 9.17) is 11.5 Å². The molecule has 0 spiro atoms. The zero-order valence-corrected chi connectivity index (χ0v) is 10.3. The Labute approximate surface area is 98.2 Å². The molecule has 0 amide bonds. The van der Waals surface area contributed by atoms with Gasteiger partial charge in [-0.15, -0.1) is 0 Å². The molecular weight excluding hydrogens is 198 g/mol. The first-order valence-corrected chi connectivity index (χ1v) is 5.98. The van der Waals surface area contributed by atoms with Crippen LogP contribution >= 0.6 is 0 Å². The molecule has 0 atom stereocenters.